The number of rotatable bonds is 3. The number of thiol groups is 3. The number of phenolic OH excluding ortho intramolecular Hbond substituents is 3. The number of nitrogens with zero attached hydrogens (tertiary/aromatic N) is 3. The van der Waals surface area contributed by atoms with Crippen molar-refractivity contribution < 1.29 is 15.3 Å². The van der Waals surface area contributed by atoms with E-state index in [1.165, 1.54) is 24.5 Å². The molecule has 5 N–H and O–H groups in total. The lowest BCUT2D eigenvalue weighted by molar-refractivity contribution is 0.450. The van der Waals surface area contributed by atoms with E-state index in [4.69, 9.17) is 0 Å². The van der Waals surface area contributed by atoms with Gasteiger partial charge >= 0.3 is 0 Å². The molecule has 2 heterocycles. The van der Waals surface area contributed by atoms with Crippen LogP contribution in [0.4, 0.5) is 17.2 Å². The second-order valence-corrected chi connectivity index (χ2v) is 7.77. The van der Waals surface area contributed by atoms with Gasteiger partial charge in [-0.2, -0.15) is 0 Å². The van der Waals surface area contributed by atoms with E-state index in [0.29, 0.717) is 37.0 Å². The van der Waals surface area contributed by atoms with Crippen LogP contribution in [0.3, 0.4) is 0 Å². The molecular weight excluding hydrogens is 442 g/mol. The Bertz CT molecular complexity index is 1310. The SMILES string of the molecule is Oc1cc(S)cc(O)c1N=c1ncnc(Nc2c(O)cc(S)cc2S)c2c[nH]cc12. The number of aromatic hydroxyl groups is 3. The van der Waals surface area contributed by atoms with Crippen molar-refractivity contribution in [2.24, 2.45) is 4.99 Å². The van der Waals surface area contributed by atoms with Crippen LogP contribution in [0.5, 0.6) is 17.2 Å². The molecule has 30 heavy (non-hydrogen) atoms. The highest BCUT2D eigenvalue weighted by Gasteiger charge is 2.13. The van der Waals surface area contributed by atoms with Gasteiger partial charge in [-0.15, -0.1) is 37.9 Å². The molecule has 2 aromatic carbocycles. The number of hydrogen-bond donors (Lipinski definition) is 8. The van der Waals surface area contributed by atoms with Crippen LogP contribution in [0.2, 0.25) is 0 Å². The van der Waals surface area contributed by atoms with Crippen LogP contribution < -0.4 is 10.8 Å². The van der Waals surface area contributed by atoms with Gasteiger partial charge in [-0.1, -0.05) is 0 Å². The maximum atomic E-state index is 10.3. The smallest absolute Gasteiger partial charge is 0.164 e. The maximum Gasteiger partial charge on any atom is 0.164 e. The third kappa shape index (κ3) is 3.86. The molecule has 0 bridgehead atoms. The average molecular weight is 458 g/mol. The van der Waals surface area contributed by atoms with Crippen molar-refractivity contribution in [3.63, 3.8) is 0 Å². The topological polar surface area (TPSA) is 127 Å². The first-order valence-corrected chi connectivity index (χ1v) is 9.81. The zero-order valence-corrected chi connectivity index (χ0v) is 17.7. The summed E-state index contributed by atoms with van der Waals surface area (Å²) >= 11 is 12.7. The van der Waals surface area contributed by atoms with E-state index in [1.807, 2.05) is 0 Å². The lowest BCUT2D eigenvalue weighted by atomic mass is 10.2. The average Bonchev–Trinajstić information content (AvgIpc) is 3.07. The zero-order valence-electron chi connectivity index (χ0n) is 15.1. The fraction of sp³-hybridized carbons (Fsp3) is 0. The molecule has 0 fully saturated rings. The number of benzene rings is 2. The Morgan fingerprint density at radius 2 is 1.47 bits per heavy atom. The van der Waals surface area contributed by atoms with Crippen molar-refractivity contribution in [3.05, 3.63) is 48.5 Å². The molecule has 2 aromatic heterocycles. The van der Waals surface area contributed by atoms with Gasteiger partial charge in [-0.25, -0.2) is 15.0 Å². The molecule has 11 heteroatoms. The first-order chi connectivity index (χ1) is 14.3. The molecule has 0 unspecified atom stereocenters. The van der Waals surface area contributed by atoms with Crippen LogP contribution in [-0.4, -0.2) is 30.3 Å². The Labute approximate surface area is 186 Å². The minimum atomic E-state index is -0.236. The summed E-state index contributed by atoms with van der Waals surface area (Å²) in [6, 6.07) is 5.90. The second kappa shape index (κ2) is 8.01. The lowest BCUT2D eigenvalue weighted by Gasteiger charge is -2.10. The van der Waals surface area contributed by atoms with E-state index in [2.05, 4.69) is 63.1 Å². The van der Waals surface area contributed by atoms with Crippen molar-refractivity contribution in [2.75, 3.05) is 5.32 Å². The standard InChI is InChI=1S/C19H15N5O3S3/c25-12-1-8(28)2-13(26)16(12)23-18-10-5-20-6-11(10)19(22-7-21-18)24-17-14(27)3-9(29)4-15(17)30/h1-7,20,25-30H,(H,21,22,23,24). The van der Waals surface area contributed by atoms with Gasteiger partial charge in [-0.05, 0) is 24.3 Å². The molecule has 0 amide bonds. The van der Waals surface area contributed by atoms with E-state index < -0.39 is 0 Å². The number of anilines is 2. The van der Waals surface area contributed by atoms with Crippen molar-refractivity contribution in [2.45, 2.75) is 14.7 Å². The summed E-state index contributed by atoms with van der Waals surface area (Å²) in [6.07, 6.45) is 4.63. The van der Waals surface area contributed by atoms with Gasteiger partial charge < -0.3 is 25.6 Å². The molecule has 4 rings (SSSR count). The number of aromatic nitrogens is 3. The molecule has 0 spiro atoms. The molecule has 4 aromatic rings. The van der Waals surface area contributed by atoms with Crippen LogP contribution in [0.15, 0.2) is 62.7 Å². The Hall–Kier alpha value is -3.02. The molecule has 0 aliphatic rings. The van der Waals surface area contributed by atoms with Crippen molar-refractivity contribution >= 4 is 65.9 Å². The quantitative estimate of drug-likeness (QED) is 0.174. The van der Waals surface area contributed by atoms with E-state index >= 15 is 0 Å². The fourth-order valence-electron chi connectivity index (χ4n) is 2.87. The van der Waals surface area contributed by atoms with Crippen molar-refractivity contribution in [3.8, 4) is 17.2 Å². The maximum absolute atomic E-state index is 10.3. The van der Waals surface area contributed by atoms with Crippen molar-refractivity contribution in [1.82, 2.24) is 15.0 Å². The molecular formula is C19H15N5O3S3. The Morgan fingerprint density at radius 3 is 2.17 bits per heavy atom. The van der Waals surface area contributed by atoms with Crippen LogP contribution in [0.25, 0.3) is 10.8 Å². The number of aromatic amines is 1. The zero-order chi connectivity index (χ0) is 21.4. The summed E-state index contributed by atoms with van der Waals surface area (Å²) in [5, 5.41) is 34.8. The molecule has 0 aliphatic carbocycles. The minimum absolute atomic E-state index is 0.0379. The summed E-state index contributed by atoms with van der Waals surface area (Å²) in [5.41, 5.74) is 0.531. The van der Waals surface area contributed by atoms with Crippen LogP contribution >= 0.6 is 37.9 Å². The summed E-state index contributed by atoms with van der Waals surface area (Å²) in [5.74, 6) is -0.125. The number of phenols is 3. The monoisotopic (exact) mass is 457 g/mol. The number of H-pyrrole nitrogens is 1. The highest BCUT2D eigenvalue weighted by Crippen LogP contribution is 2.38. The predicted octanol–water partition coefficient (Wildman–Crippen LogP) is 3.92. The minimum Gasteiger partial charge on any atom is -0.506 e. The first-order valence-electron chi connectivity index (χ1n) is 8.47. The first kappa shape index (κ1) is 20.3. The second-order valence-electron chi connectivity index (χ2n) is 6.26. The van der Waals surface area contributed by atoms with Gasteiger partial charge in [0.25, 0.3) is 0 Å². The number of hydrogen-bond acceptors (Lipinski definition) is 10. The molecule has 0 saturated heterocycles. The van der Waals surface area contributed by atoms with E-state index in [0.717, 1.165) is 0 Å². The van der Waals surface area contributed by atoms with Gasteiger partial charge in [-0.3, -0.25) is 0 Å². The van der Waals surface area contributed by atoms with Gasteiger partial charge in [0, 0.05) is 37.9 Å². The third-order valence-corrected chi connectivity index (χ3v) is 5.07. The Morgan fingerprint density at radius 1 is 0.833 bits per heavy atom. The summed E-state index contributed by atoms with van der Waals surface area (Å²) < 4.78 is 0. The van der Waals surface area contributed by atoms with Crippen LogP contribution in [0, 0.1) is 0 Å². The summed E-state index contributed by atoms with van der Waals surface area (Å²) in [6.45, 7) is 0. The van der Waals surface area contributed by atoms with Gasteiger partial charge in [0.15, 0.2) is 5.49 Å². The fourth-order valence-corrected chi connectivity index (χ4v) is 3.78. The van der Waals surface area contributed by atoms with E-state index in [-0.39, 0.29) is 28.4 Å². The van der Waals surface area contributed by atoms with Gasteiger partial charge in [0.1, 0.15) is 35.1 Å². The van der Waals surface area contributed by atoms with Gasteiger partial charge in [0.2, 0.25) is 0 Å². The molecule has 0 atom stereocenters. The largest absolute Gasteiger partial charge is 0.506 e. The van der Waals surface area contributed by atoms with Crippen LogP contribution in [-0.2, 0) is 0 Å². The van der Waals surface area contributed by atoms with E-state index in [1.54, 1.807) is 18.5 Å². The Balaban J connectivity index is 1.90. The third-order valence-electron chi connectivity index (χ3n) is 4.21. The Kier molecular flexibility index (Phi) is 5.41. The highest BCUT2D eigenvalue weighted by molar-refractivity contribution is 7.81. The van der Waals surface area contributed by atoms with Gasteiger partial charge in [0.05, 0.1) is 5.69 Å². The molecule has 0 radical (unpaired) electrons. The number of fused-ring (bicyclic) bond motifs is 1. The van der Waals surface area contributed by atoms with E-state index in [9.17, 15) is 15.3 Å². The molecule has 0 saturated carbocycles. The number of nitrogens with one attached hydrogen (secondary N) is 2. The lowest BCUT2D eigenvalue weighted by Crippen LogP contribution is -2.03. The summed E-state index contributed by atoms with van der Waals surface area (Å²) in [7, 11) is 0. The normalized spacial score (nSPS) is 11.8. The van der Waals surface area contributed by atoms with Crippen LogP contribution in [0.1, 0.15) is 0 Å². The highest BCUT2D eigenvalue weighted by atomic mass is 32.1. The predicted molar refractivity (Wildman–Crippen MR) is 122 cm³/mol. The molecule has 8 nitrogen and oxygen atoms in total. The van der Waals surface area contributed by atoms with Crippen molar-refractivity contribution in [1.29, 1.82) is 0 Å². The molecule has 152 valence electrons. The molecule has 0 aliphatic heterocycles. The summed E-state index contributed by atoms with van der Waals surface area (Å²) in [4.78, 5) is 17.3.